The molecule has 5 nitrogen and oxygen atoms in total. The van der Waals surface area contributed by atoms with Crippen molar-refractivity contribution in [1.29, 1.82) is 0 Å². The van der Waals surface area contributed by atoms with Crippen molar-refractivity contribution in [2.75, 3.05) is 5.32 Å². The zero-order valence-electron chi connectivity index (χ0n) is 12.6. The number of amides is 2. The Labute approximate surface area is 119 Å². The molecule has 1 atom stereocenters. The van der Waals surface area contributed by atoms with Crippen molar-refractivity contribution in [2.45, 2.75) is 40.7 Å². The van der Waals surface area contributed by atoms with Crippen LogP contribution in [0.2, 0.25) is 0 Å². The third-order valence-electron chi connectivity index (χ3n) is 3.11. The summed E-state index contributed by atoms with van der Waals surface area (Å²) in [4.78, 5) is 23.2. The Bertz CT molecular complexity index is 498. The van der Waals surface area contributed by atoms with Crippen LogP contribution in [-0.2, 0) is 4.79 Å². The highest BCUT2D eigenvalue weighted by Gasteiger charge is 2.32. The summed E-state index contributed by atoms with van der Waals surface area (Å²) in [5.74, 6) is -1.05. The van der Waals surface area contributed by atoms with E-state index in [2.05, 4.69) is 10.6 Å². The van der Waals surface area contributed by atoms with Gasteiger partial charge in [0.2, 0.25) is 0 Å². The van der Waals surface area contributed by atoms with Gasteiger partial charge in [-0.1, -0.05) is 39.0 Å². The molecule has 1 aromatic carbocycles. The second kappa shape index (κ2) is 5.94. The van der Waals surface area contributed by atoms with E-state index in [0.29, 0.717) is 5.69 Å². The van der Waals surface area contributed by atoms with Crippen molar-refractivity contribution in [1.82, 2.24) is 5.32 Å². The molecule has 0 aliphatic carbocycles. The largest absolute Gasteiger partial charge is 0.480 e. The Morgan fingerprint density at radius 1 is 1.15 bits per heavy atom. The number of benzene rings is 1. The number of para-hydroxylation sites is 1. The van der Waals surface area contributed by atoms with Gasteiger partial charge < -0.3 is 15.7 Å². The zero-order valence-corrected chi connectivity index (χ0v) is 12.6. The number of carbonyl (C=O) groups excluding carboxylic acids is 1. The van der Waals surface area contributed by atoms with Gasteiger partial charge in [-0.25, -0.2) is 9.59 Å². The molecule has 1 aromatic rings. The molecule has 0 saturated carbocycles. The Morgan fingerprint density at radius 2 is 1.65 bits per heavy atom. The molecule has 0 radical (unpaired) electrons. The monoisotopic (exact) mass is 278 g/mol. The molecule has 0 unspecified atom stereocenters. The predicted octanol–water partition coefficient (Wildman–Crippen LogP) is 2.92. The number of carboxylic acids is 1. The normalized spacial score (nSPS) is 12.7. The number of anilines is 1. The average Bonchev–Trinajstić information content (AvgIpc) is 2.29. The minimum absolute atomic E-state index is 0.510. The third kappa shape index (κ3) is 3.98. The van der Waals surface area contributed by atoms with E-state index in [1.54, 1.807) is 20.8 Å². The van der Waals surface area contributed by atoms with E-state index < -0.39 is 23.5 Å². The molecule has 20 heavy (non-hydrogen) atoms. The summed E-state index contributed by atoms with van der Waals surface area (Å²) in [5, 5.41) is 14.4. The van der Waals surface area contributed by atoms with E-state index in [9.17, 15) is 14.7 Å². The lowest BCUT2D eigenvalue weighted by atomic mass is 9.87. The van der Waals surface area contributed by atoms with E-state index in [4.69, 9.17) is 0 Å². The van der Waals surface area contributed by atoms with E-state index in [1.165, 1.54) is 0 Å². The van der Waals surface area contributed by atoms with Crippen molar-refractivity contribution < 1.29 is 14.7 Å². The fraction of sp³-hybridized carbons (Fsp3) is 0.467. The predicted molar refractivity (Wildman–Crippen MR) is 78.9 cm³/mol. The summed E-state index contributed by atoms with van der Waals surface area (Å²) in [6.07, 6.45) is 0. The summed E-state index contributed by atoms with van der Waals surface area (Å²) < 4.78 is 0. The molecule has 3 N–H and O–H groups in total. The van der Waals surface area contributed by atoms with Crippen molar-refractivity contribution in [3.63, 3.8) is 0 Å². The van der Waals surface area contributed by atoms with Crippen LogP contribution in [0.25, 0.3) is 0 Å². The SMILES string of the molecule is Cc1cccc(C)c1NC(=O)N[C@@H](C(=O)O)C(C)(C)C. The Kier molecular flexibility index (Phi) is 4.76. The summed E-state index contributed by atoms with van der Waals surface area (Å²) in [7, 11) is 0. The molecule has 0 aromatic heterocycles. The van der Waals surface area contributed by atoms with E-state index in [-0.39, 0.29) is 0 Å². The summed E-state index contributed by atoms with van der Waals surface area (Å²) in [6.45, 7) is 9.09. The molecule has 0 heterocycles. The maximum Gasteiger partial charge on any atom is 0.326 e. The number of hydrogen-bond donors (Lipinski definition) is 3. The molecular weight excluding hydrogens is 256 g/mol. The lowest BCUT2D eigenvalue weighted by molar-refractivity contribution is -0.141. The molecule has 2 amide bonds. The molecule has 0 aliphatic rings. The van der Waals surface area contributed by atoms with Crippen LogP contribution in [0.5, 0.6) is 0 Å². The van der Waals surface area contributed by atoms with Crippen LogP contribution >= 0.6 is 0 Å². The van der Waals surface area contributed by atoms with Crippen LogP contribution in [0.4, 0.5) is 10.5 Å². The summed E-state index contributed by atoms with van der Waals surface area (Å²) in [6, 6.07) is 4.22. The van der Waals surface area contributed by atoms with Crippen molar-refractivity contribution in [2.24, 2.45) is 5.41 Å². The number of aryl methyl sites for hydroxylation is 2. The highest BCUT2D eigenvalue weighted by Crippen LogP contribution is 2.21. The molecule has 0 aliphatic heterocycles. The quantitative estimate of drug-likeness (QED) is 0.795. The van der Waals surface area contributed by atoms with Crippen molar-refractivity contribution >= 4 is 17.7 Å². The highest BCUT2D eigenvalue weighted by atomic mass is 16.4. The van der Waals surface area contributed by atoms with Gasteiger partial charge in [0.25, 0.3) is 0 Å². The van der Waals surface area contributed by atoms with Gasteiger partial charge in [-0.3, -0.25) is 0 Å². The topological polar surface area (TPSA) is 78.4 Å². The third-order valence-corrected chi connectivity index (χ3v) is 3.11. The average molecular weight is 278 g/mol. The van der Waals surface area contributed by atoms with Gasteiger partial charge in [0, 0.05) is 5.69 Å². The van der Waals surface area contributed by atoms with Crippen molar-refractivity contribution in [3.8, 4) is 0 Å². The van der Waals surface area contributed by atoms with Gasteiger partial charge in [-0.2, -0.15) is 0 Å². The highest BCUT2D eigenvalue weighted by molar-refractivity contribution is 5.93. The van der Waals surface area contributed by atoms with E-state index in [0.717, 1.165) is 11.1 Å². The first-order valence-electron chi connectivity index (χ1n) is 6.49. The molecule has 5 heteroatoms. The van der Waals surface area contributed by atoms with Crippen LogP contribution in [0.15, 0.2) is 18.2 Å². The minimum Gasteiger partial charge on any atom is -0.480 e. The molecule has 0 spiro atoms. The standard InChI is InChI=1S/C15H22N2O3/c1-9-7-6-8-10(2)11(9)16-14(20)17-12(13(18)19)15(3,4)5/h6-8,12H,1-5H3,(H,18,19)(H2,16,17,20)/t12-/m0/s1. The minimum atomic E-state index is -1.05. The van der Waals surface area contributed by atoms with Crippen LogP contribution in [0.1, 0.15) is 31.9 Å². The Hall–Kier alpha value is -2.04. The fourth-order valence-electron chi connectivity index (χ4n) is 1.94. The molecule has 0 saturated heterocycles. The van der Waals surface area contributed by atoms with Gasteiger partial charge >= 0.3 is 12.0 Å². The van der Waals surface area contributed by atoms with Gasteiger partial charge in [-0.15, -0.1) is 0 Å². The fourth-order valence-corrected chi connectivity index (χ4v) is 1.94. The van der Waals surface area contributed by atoms with Gasteiger partial charge in [-0.05, 0) is 30.4 Å². The van der Waals surface area contributed by atoms with Crippen LogP contribution in [0, 0.1) is 19.3 Å². The lowest BCUT2D eigenvalue weighted by Gasteiger charge is -2.28. The van der Waals surface area contributed by atoms with E-state index in [1.807, 2.05) is 32.0 Å². The molecule has 1 rings (SSSR count). The second-order valence-corrected chi connectivity index (χ2v) is 6.00. The Morgan fingerprint density at radius 3 is 2.05 bits per heavy atom. The first kappa shape index (κ1) is 16.0. The number of hydrogen-bond acceptors (Lipinski definition) is 2. The summed E-state index contributed by atoms with van der Waals surface area (Å²) >= 11 is 0. The van der Waals surface area contributed by atoms with Gasteiger partial charge in [0.1, 0.15) is 6.04 Å². The second-order valence-electron chi connectivity index (χ2n) is 6.00. The Balaban J connectivity index is 2.84. The number of aliphatic carboxylic acids is 1. The number of carboxylic acid groups (broad SMARTS) is 1. The number of nitrogens with one attached hydrogen (secondary N) is 2. The van der Waals surface area contributed by atoms with Crippen LogP contribution in [0.3, 0.4) is 0 Å². The molecule has 0 bridgehead atoms. The summed E-state index contributed by atoms with van der Waals surface area (Å²) in [5.41, 5.74) is 2.01. The lowest BCUT2D eigenvalue weighted by Crippen LogP contribution is -2.50. The maximum atomic E-state index is 12.0. The van der Waals surface area contributed by atoms with Gasteiger partial charge in [0.15, 0.2) is 0 Å². The van der Waals surface area contributed by atoms with Crippen molar-refractivity contribution in [3.05, 3.63) is 29.3 Å². The first-order chi connectivity index (χ1) is 9.12. The van der Waals surface area contributed by atoms with Crippen LogP contribution in [-0.4, -0.2) is 23.1 Å². The van der Waals surface area contributed by atoms with E-state index >= 15 is 0 Å². The maximum absolute atomic E-state index is 12.0. The molecule has 0 fully saturated rings. The molecular formula is C15H22N2O3. The van der Waals surface area contributed by atoms with Gasteiger partial charge in [0.05, 0.1) is 0 Å². The number of urea groups is 1. The van der Waals surface area contributed by atoms with Crippen LogP contribution < -0.4 is 10.6 Å². The zero-order chi connectivity index (χ0) is 15.5. The number of rotatable bonds is 3. The first-order valence-corrected chi connectivity index (χ1v) is 6.49. The molecule has 110 valence electrons. The smallest absolute Gasteiger partial charge is 0.326 e. The number of carbonyl (C=O) groups is 2.